The Balaban J connectivity index is 1.99. The molecule has 0 bridgehead atoms. The van der Waals surface area contributed by atoms with E-state index in [1.807, 2.05) is 36.5 Å². The van der Waals surface area contributed by atoms with Gasteiger partial charge < -0.3 is 5.73 Å². The number of halogens is 1. The Morgan fingerprint density at radius 3 is 2.61 bits per heavy atom. The van der Waals surface area contributed by atoms with Crippen LogP contribution in [-0.2, 0) is 13.1 Å². The average molecular weight is 306 g/mol. The SMILES string of the molecule is CN(Cc1ccc(Br)cn1)Cc1ccccc1N. The van der Waals surface area contributed by atoms with E-state index in [1.165, 1.54) is 0 Å². The number of hydrogen-bond acceptors (Lipinski definition) is 3. The van der Waals surface area contributed by atoms with Crippen LogP contribution in [0.5, 0.6) is 0 Å². The molecule has 1 aromatic heterocycles. The van der Waals surface area contributed by atoms with E-state index < -0.39 is 0 Å². The zero-order valence-corrected chi connectivity index (χ0v) is 11.9. The third-order valence-corrected chi connectivity index (χ3v) is 3.18. The van der Waals surface area contributed by atoms with E-state index in [-0.39, 0.29) is 0 Å². The molecule has 0 aliphatic carbocycles. The van der Waals surface area contributed by atoms with Crippen LogP contribution in [0, 0.1) is 0 Å². The Labute approximate surface area is 116 Å². The number of aromatic nitrogens is 1. The molecule has 2 N–H and O–H groups in total. The third kappa shape index (κ3) is 3.55. The zero-order chi connectivity index (χ0) is 13.0. The van der Waals surface area contributed by atoms with Crippen molar-refractivity contribution in [2.24, 2.45) is 0 Å². The molecule has 0 aliphatic rings. The van der Waals surface area contributed by atoms with Crippen molar-refractivity contribution in [1.29, 1.82) is 0 Å². The highest BCUT2D eigenvalue weighted by atomic mass is 79.9. The van der Waals surface area contributed by atoms with E-state index in [4.69, 9.17) is 5.73 Å². The number of nitrogen functional groups attached to an aromatic ring is 1. The lowest BCUT2D eigenvalue weighted by Crippen LogP contribution is -2.18. The van der Waals surface area contributed by atoms with E-state index in [2.05, 4.69) is 38.9 Å². The van der Waals surface area contributed by atoms with Crippen LogP contribution in [0.1, 0.15) is 11.3 Å². The fraction of sp³-hybridized carbons (Fsp3) is 0.214. The van der Waals surface area contributed by atoms with Crippen LogP contribution in [0.4, 0.5) is 5.69 Å². The first-order valence-corrected chi connectivity index (χ1v) is 6.57. The van der Waals surface area contributed by atoms with Gasteiger partial charge in [-0.2, -0.15) is 0 Å². The molecule has 0 atom stereocenters. The van der Waals surface area contributed by atoms with Gasteiger partial charge in [-0.05, 0) is 46.7 Å². The zero-order valence-electron chi connectivity index (χ0n) is 10.3. The van der Waals surface area contributed by atoms with Crippen LogP contribution in [0.15, 0.2) is 47.1 Å². The van der Waals surface area contributed by atoms with E-state index in [0.29, 0.717) is 0 Å². The molecule has 18 heavy (non-hydrogen) atoms. The Hall–Kier alpha value is -1.39. The average Bonchev–Trinajstić information content (AvgIpc) is 2.35. The summed E-state index contributed by atoms with van der Waals surface area (Å²) in [7, 11) is 2.07. The lowest BCUT2D eigenvalue weighted by Gasteiger charge is -2.17. The second-order valence-corrected chi connectivity index (χ2v) is 5.25. The number of anilines is 1. The van der Waals surface area contributed by atoms with Gasteiger partial charge in [-0.3, -0.25) is 9.88 Å². The molecule has 2 aromatic rings. The van der Waals surface area contributed by atoms with E-state index >= 15 is 0 Å². The second kappa shape index (κ2) is 5.98. The van der Waals surface area contributed by atoms with Crippen LogP contribution in [-0.4, -0.2) is 16.9 Å². The van der Waals surface area contributed by atoms with Gasteiger partial charge in [0.05, 0.1) is 5.69 Å². The standard InChI is InChI=1S/C14H16BrN3/c1-18(9-11-4-2-3-5-14(11)16)10-13-7-6-12(15)8-17-13/h2-8H,9-10,16H2,1H3. The molecule has 0 fully saturated rings. The largest absolute Gasteiger partial charge is 0.398 e. The number of nitrogens with two attached hydrogens (primary N) is 1. The van der Waals surface area contributed by atoms with Crippen molar-refractivity contribution in [3.05, 3.63) is 58.3 Å². The Morgan fingerprint density at radius 1 is 1.17 bits per heavy atom. The molecule has 1 aromatic carbocycles. The van der Waals surface area contributed by atoms with Gasteiger partial charge in [-0.15, -0.1) is 0 Å². The minimum Gasteiger partial charge on any atom is -0.398 e. The molecule has 0 amide bonds. The van der Waals surface area contributed by atoms with Crippen molar-refractivity contribution in [3.63, 3.8) is 0 Å². The Bertz CT molecular complexity index is 511. The lowest BCUT2D eigenvalue weighted by molar-refractivity contribution is 0.315. The fourth-order valence-electron chi connectivity index (χ4n) is 1.80. The molecule has 3 nitrogen and oxygen atoms in total. The molecular formula is C14H16BrN3. The molecule has 94 valence electrons. The van der Waals surface area contributed by atoms with Crippen molar-refractivity contribution in [2.75, 3.05) is 12.8 Å². The predicted octanol–water partition coefficient (Wildman–Crippen LogP) is 3.06. The highest BCUT2D eigenvalue weighted by molar-refractivity contribution is 9.10. The summed E-state index contributed by atoms with van der Waals surface area (Å²) in [5.74, 6) is 0. The van der Waals surface area contributed by atoms with Crippen molar-refractivity contribution in [3.8, 4) is 0 Å². The highest BCUT2D eigenvalue weighted by Gasteiger charge is 2.04. The first-order valence-electron chi connectivity index (χ1n) is 5.77. The monoisotopic (exact) mass is 305 g/mol. The summed E-state index contributed by atoms with van der Waals surface area (Å²) in [6.07, 6.45) is 1.82. The van der Waals surface area contributed by atoms with Gasteiger partial charge in [0, 0.05) is 29.4 Å². The van der Waals surface area contributed by atoms with Gasteiger partial charge >= 0.3 is 0 Å². The maximum Gasteiger partial charge on any atom is 0.0544 e. The topological polar surface area (TPSA) is 42.2 Å². The van der Waals surface area contributed by atoms with Crippen molar-refractivity contribution in [1.82, 2.24) is 9.88 Å². The summed E-state index contributed by atoms with van der Waals surface area (Å²) in [4.78, 5) is 6.56. The van der Waals surface area contributed by atoms with Gasteiger partial charge in [0.1, 0.15) is 0 Å². The van der Waals surface area contributed by atoms with Gasteiger partial charge in [0.25, 0.3) is 0 Å². The van der Waals surface area contributed by atoms with E-state index in [1.54, 1.807) is 0 Å². The van der Waals surface area contributed by atoms with Crippen molar-refractivity contribution in [2.45, 2.75) is 13.1 Å². The number of para-hydroxylation sites is 1. The number of hydrogen-bond donors (Lipinski definition) is 1. The second-order valence-electron chi connectivity index (χ2n) is 4.34. The van der Waals surface area contributed by atoms with E-state index in [0.717, 1.165) is 34.5 Å². The number of rotatable bonds is 4. The first kappa shape index (κ1) is 13.1. The van der Waals surface area contributed by atoms with Crippen LogP contribution < -0.4 is 5.73 Å². The smallest absolute Gasteiger partial charge is 0.0544 e. The minimum atomic E-state index is 0.807. The molecule has 0 spiro atoms. The molecule has 2 rings (SSSR count). The summed E-state index contributed by atoms with van der Waals surface area (Å²) >= 11 is 3.38. The van der Waals surface area contributed by atoms with Crippen LogP contribution >= 0.6 is 15.9 Å². The van der Waals surface area contributed by atoms with Crippen LogP contribution in [0.2, 0.25) is 0 Å². The van der Waals surface area contributed by atoms with E-state index in [9.17, 15) is 0 Å². The summed E-state index contributed by atoms with van der Waals surface area (Å²) in [6, 6.07) is 12.0. The maximum atomic E-state index is 5.93. The van der Waals surface area contributed by atoms with Gasteiger partial charge in [0.15, 0.2) is 0 Å². The fourth-order valence-corrected chi connectivity index (χ4v) is 2.04. The van der Waals surface area contributed by atoms with Gasteiger partial charge in [0.2, 0.25) is 0 Å². The number of nitrogens with zero attached hydrogens (tertiary/aromatic N) is 2. The molecule has 0 radical (unpaired) electrons. The Morgan fingerprint density at radius 2 is 1.94 bits per heavy atom. The van der Waals surface area contributed by atoms with Crippen molar-refractivity contribution < 1.29 is 0 Å². The molecule has 0 saturated carbocycles. The summed E-state index contributed by atoms with van der Waals surface area (Å²) in [5, 5.41) is 0. The number of pyridine rings is 1. The molecule has 0 saturated heterocycles. The third-order valence-electron chi connectivity index (χ3n) is 2.72. The predicted molar refractivity (Wildman–Crippen MR) is 78.0 cm³/mol. The summed E-state index contributed by atoms with van der Waals surface area (Å²) in [6.45, 7) is 1.63. The normalized spacial score (nSPS) is 10.8. The van der Waals surface area contributed by atoms with Crippen molar-refractivity contribution >= 4 is 21.6 Å². The van der Waals surface area contributed by atoms with Gasteiger partial charge in [-0.1, -0.05) is 18.2 Å². The highest BCUT2D eigenvalue weighted by Crippen LogP contribution is 2.14. The minimum absolute atomic E-state index is 0.807. The maximum absolute atomic E-state index is 5.93. The molecule has 1 heterocycles. The molecule has 0 unspecified atom stereocenters. The van der Waals surface area contributed by atoms with Crippen LogP contribution in [0.25, 0.3) is 0 Å². The molecule has 4 heteroatoms. The first-order chi connectivity index (χ1) is 8.65. The summed E-state index contributed by atoms with van der Waals surface area (Å²) < 4.78 is 1.00. The molecule has 0 aliphatic heterocycles. The van der Waals surface area contributed by atoms with Gasteiger partial charge in [-0.25, -0.2) is 0 Å². The summed E-state index contributed by atoms with van der Waals surface area (Å²) in [5.41, 5.74) is 8.98. The lowest BCUT2D eigenvalue weighted by atomic mass is 10.1. The quantitative estimate of drug-likeness (QED) is 0.883. The van der Waals surface area contributed by atoms with Crippen LogP contribution in [0.3, 0.4) is 0 Å². The molecular weight excluding hydrogens is 290 g/mol. The number of benzene rings is 1. The Kier molecular flexibility index (Phi) is 4.33.